The molecule has 0 aliphatic carbocycles. The second kappa shape index (κ2) is 16.0. The van der Waals surface area contributed by atoms with Gasteiger partial charge in [-0.1, -0.05) is 232 Å². The van der Waals surface area contributed by atoms with Crippen LogP contribution in [0.4, 0.5) is 0 Å². The van der Waals surface area contributed by atoms with Crippen LogP contribution in [0.2, 0.25) is 6.04 Å². The standard InChI is InChI=1S/C46H44O2Si3/c1-2-3-39-49(40-25-11-4-12-26-40,41-27-13-5-14-28-41)47-51(45-35-21-9-22-36-45,46-37-23-10-24-38-46)48-50(42-29-15-6-16-30-42,43-31-17-7-18-32-43)44-33-19-8-20-34-44/h4-38H,2-3,39H2,1H3. The summed E-state index contributed by atoms with van der Waals surface area (Å²) in [6.45, 7) is 2.28. The van der Waals surface area contributed by atoms with Crippen molar-refractivity contribution in [2.24, 2.45) is 0 Å². The van der Waals surface area contributed by atoms with Crippen LogP contribution in [0.5, 0.6) is 0 Å². The summed E-state index contributed by atoms with van der Waals surface area (Å²) >= 11 is 0. The van der Waals surface area contributed by atoms with Crippen LogP contribution in [-0.4, -0.2) is 25.2 Å². The van der Waals surface area contributed by atoms with Crippen molar-refractivity contribution >= 4 is 61.5 Å². The molecule has 0 saturated heterocycles. The minimum absolute atomic E-state index is 0.936. The second-order valence-electron chi connectivity index (χ2n) is 13.0. The van der Waals surface area contributed by atoms with Crippen LogP contribution in [0.3, 0.4) is 0 Å². The summed E-state index contributed by atoms with van der Waals surface area (Å²) in [4.78, 5) is 0. The Morgan fingerprint density at radius 1 is 0.333 bits per heavy atom. The first-order chi connectivity index (χ1) is 25.2. The molecule has 0 unspecified atom stereocenters. The topological polar surface area (TPSA) is 18.5 Å². The average Bonchev–Trinajstić information content (AvgIpc) is 3.23. The molecule has 0 saturated carbocycles. The zero-order valence-electron chi connectivity index (χ0n) is 29.1. The largest absolute Gasteiger partial charge is 0.422 e. The molecule has 0 aromatic heterocycles. The van der Waals surface area contributed by atoms with Crippen LogP contribution in [0.1, 0.15) is 19.8 Å². The fourth-order valence-corrected chi connectivity index (χ4v) is 24.0. The van der Waals surface area contributed by atoms with Gasteiger partial charge in [-0.05, 0) is 42.4 Å². The van der Waals surface area contributed by atoms with Gasteiger partial charge in [-0.2, -0.15) is 0 Å². The zero-order valence-corrected chi connectivity index (χ0v) is 32.1. The smallest absolute Gasteiger partial charge is 0.387 e. The molecular formula is C46H44O2Si3. The van der Waals surface area contributed by atoms with E-state index in [0.29, 0.717) is 0 Å². The first-order valence-corrected chi connectivity index (χ1v) is 23.8. The van der Waals surface area contributed by atoms with E-state index >= 15 is 0 Å². The zero-order chi connectivity index (χ0) is 34.8. The normalized spacial score (nSPS) is 12.0. The molecule has 0 spiro atoms. The highest BCUT2D eigenvalue weighted by atomic mass is 28.5. The third kappa shape index (κ3) is 6.91. The predicted molar refractivity (Wildman–Crippen MR) is 222 cm³/mol. The first kappa shape index (κ1) is 34.6. The summed E-state index contributed by atoms with van der Waals surface area (Å²) in [6.07, 6.45) is 2.11. The third-order valence-electron chi connectivity index (χ3n) is 9.83. The Kier molecular flexibility index (Phi) is 10.8. The van der Waals surface area contributed by atoms with E-state index in [9.17, 15) is 0 Å². The quantitative estimate of drug-likeness (QED) is 0.0948. The minimum atomic E-state index is -3.66. The third-order valence-corrected chi connectivity index (χ3v) is 24.0. The summed E-state index contributed by atoms with van der Waals surface area (Å²) in [6, 6.07) is 77.5. The van der Waals surface area contributed by atoms with Crippen LogP contribution < -0.4 is 36.3 Å². The fourth-order valence-electron chi connectivity index (χ4n) is 7.36. The average molecular weight is 713 g/mol. The van der Waals surface area contributed by atoms with Crippen LogP contribution >= 0.6 is 0 Å². The molecule has 0 atom stereocenters. The van der Waals surface area contributed by atoms with Gasteiger partial charge in [0.25, 0.3) is 8.32 Å². The Labute approximate surface area is 306 Å². The van der Waals surface area contributed by atoms with Gasteiger partial charge in [0.05, 0.1) is 0 Å². The van der Waals surface area contributed by atoms with E-state index in [4.69, 9.17) is 8.23 Å². The van der Waals surface area contributed by atoms with E-state index in [0.717, 1.165) is 29.3 Å². The van der Waals surface area contributed by atoms with E-state index in [1.807, 2.05) is 0 Å². The molecular weight excluding hydrogens is 669 g/mol. The molecule has 0 aliphatic heterocycles. The monoisotopic (exact) mass is 712 g/mol. The summed E-state index contributed by atoms with van der Waals surface area (Å²) in [5.74, 6) is 0. The Morgan fingerprint density at radius 2 is 0.608 bits per heavy atom. The summed E-state index contributed by atoms with van der Waals surface area (Å²) in [5.41, 5.74) is 0. The van der Waals surface area contributed by atoms with Crippen LogP contribution in [0.25, 0.3) is 0 Å². The van der Waals surface area contributed by atoms with E-state index in [1.54, 1.807) is 0 Å². The van der Waals surface area contributed by atoms with Gasteiger partial charge in [-0.25, -0.2) is 0 Å². The van der Waals surface area contributed by atoms with Crippen LogP contribution in [0, 0.1) is 0 Å². The van der Waals surface area contributed by atoms with Crippen LogP contribution in [-0.2, 0) is 8.23 Å². The van der Waals surface area contributed by atoms with E-state index in [2.05, 4.69) is 219 Å². The lowest BCUT2D eigenvalue weighted by Crippen LogP contribution is -2.81. The van der Waals surface area contributed by atoms with E-state index < -0.39 is 25.2 Å². The van der Waals surface area contributed by atoms with Crippen LogP contribution in [0.15, 0.2) is 212 Å². The molecule has 0 amide bonds. The van der Waals surface area contributed by atoms with Gasteiger partial charge in [0.15, 0.2) is 0 Å². The number of hydrogen-bond donors (Lipinski definition) is 0. The van der Waals surface area contributed by atoms with Gasteiger partial charge < -0.3 is 8.23 Å². The molecule has 0 fully saturated rings. The maximum Gasteiger partial charge on any atom is 0.387 e. The van der Waals surface area contributed by atoms with Crippen molar-refractivity contribution in [1.29, 1.82) is 0 Å². The first-order valence-electron chi connectivity index (χ1n) is 18.0. The fraction of sp³-hybridized carbons (Fsp3) is 0.0870. The lowest BCUT2D eigenvalue weighted by molar-refractivity contribution is 0.422. The van der Waals surface area contributed by atoms with Crippen molar-refractivity contribution in [2.45, 2.75) is 25.8 Å². The second-order valence-corrected chi connectivity index (χ2v) is 23.4. The Hall–Kier alpha value is -4.89. The number of hydrogen-bond acceptors (Lipinski definition) is 2. The van der Waals surface area contributed by atoms with E-state index in [-0.39, 0.29) is 0 Å². The van der Waals surface area contributed by atoms with Crippen molar-refractivity contribution in [3.63, 3.8) is 0 Å². The summed E-state index contributed by atoms with van der Waals surface area (Å²) in [5, 5.41) is 8.32. The lowest BCUT2D eigenvalue weighted by Gasteiger charge is -2.47. The number of unbranched alkanes of at least 4 members (excludes halogenated alkanes) is 1. The molecule has 5 heteroatoms. The molecule has 252 valence electrons. The van der Waals surface area contributed by atoms with Gasteiger partial charge >= 0.3 is 8.56 Å². The van der Waals surface area contributed by atoms with E-state index in [1.165, 1.54) is 25.9 Å². The number of rotatable bonds is 14. The van der Waals surface area contributed by atoms with Crippen molar-refractivity contribution in [1.82, 2.24) is 0 Å². The molecule has 0 radical (unpaired) electrons. The molecule has 0 heterocycles. The lowest BCUT2D eigenvalue weighted by atomic mass is 10.3. The number of benzene rings is 7. The highest BCUT2D eigenvalue weighted by Gasteiger charge is 2.57. The molecule has 7 aromatic rings. The Balaban J connectivity index is 1.62. The molecule has 0 N–H and O–H groups in total. The van der Waals surface area contributed by atoms with Gasteiger partial charge in [-0.15, -0.1) is 0 Å². The molecule has 7 aromatic carbocycles. The summed E-state index contributed by atoms with van der Waals surface area (Å²) in [7, 11) is -9.97. The molecule has 0 aliphatic rings. The van der Waals surface area contributed by atoms with Gasteiger partial charge in [0.1, 0.15) is 0 Å². The van der Waals surface area contributed by atoms with Crippen molar-refractivity contribution in [3.05, 3.63) is 212 Å². The SMILES string of the molecule is CCCC[Si](O[Si](O[Si](c1ccccc1)(c1ccccc1)c1ccccc1)(c1ccccc1)c1ccccc1)(c1ccccc1)c1ccccc1. The van der Waals surface area contributed by atoms with Crippen molar-refractivity contribution in [2.75, 3.05) is 0 Å². The molecule has 51 heavy (non-hydrogen) atoms. The minimum Gasteiger partial charge on any atom is -0.422 e. The Morgan fingerprint density at radius 3 is 0.902 bits per heavy atom. The molecule has 0 bridgehead atoms. The highest BCUT2D eigenvalue weighted by molar-refractivity contribution is 7.15. The van der Waals surface area contributed by atoms with Gasteiger partial charge in [0.2, 0.25) is 8.32 Å². The predicted octanol–water partition coefficient (Wildman–Crippen LogP) is 6.50. The van der Waals surface area contributed by atoms with Crippen molar-refractivity contribution in [3.8, 4) is 0 Å². The maximum absolute atomic E-state index is 8.52. The maximum atomic E-state index is 8.52. The Bertz CT molecular complexity index is 1890. The van der Waals surface area contributed by atoms with Gasteiger partial charge in [0, 0.05) is 0 Å². The summed E-state index contributed by atoms with van der Waals surface area (Å²) < 4.78 is 17.0. The van der Waals surface area contributed by atoms with Crippen molar-refractivity contribution < 1.29 is 8.23 Å². The van der Waals surface area contributed by atoms with Gasteiger partial charge in [-0.3, -0.25) is 0 Å². The molecule has 7 rings (SSSR count). The highest BCUT2D eigenvalue weighted by Crippen LogP contribution is 2.27. The molecule has 2 nitrogen and oxygen atoms in total.